The zero-order valence-electron chi connectivity index (χ0n) is 20.1. The van der Waals surface area contributed by atoms with Gasteiger partial charge in [0.1, 0.15) is 6.54 Å². The van der Waals surface area contributed by atoms with Crippen LogP contribution in [0.15, 0.2) is 30.3 Å². The van der Waals surface area contributed by atoms with Crippen molar-refractivity contribution < 1.29 is 33.8 Å². The van der Waals surface area contributed by atoms with Gasteiger partial charge in [0.15, 0.2) is 11.7 Å². The molecule has 2 aliphatic rings. The van der Waals surface area contributed by atoms with Crippen LogP contribution in [0.1, 0.15) is 70.3 Å². The Labute approximate surface area is 197 Å². The number of likely N-dealkylation sites (N-methyl/N-ethyl adjacent to an activating group) is 1. The molecule has 3 unspecified atom stereocenters. The lowest BCUT2D eigenvalue weighted by atomic mass is 9.80. The first-order valence-corrected chi connectivity index (χ1v) is 12.5. The van der Waals surface area contributed by atoms with E-state index in [0.717, 1.165) is 51.4 Å². The maximum atomic E-state index is 13.4. The van der Waals surface area contributed by atoms with Crippen LogP contribution in [-0.4, -0.2) is 65.7 Å². The molecule has 4 atom stereocenters. The van der Waals surface area contributed by atoms with Gasteiger partial charge in [-0.05, 0) is 24.8 Å². The van der Waals surface area contributed by atoms with Crippen LogP contribution in [0.3, 0.4) is 0 Å². The third-order valence-electron chi connectivity index (χ3n) is 7.38. The van der Waals surface area contributed by atoms with Crippen molar-refractivity contribution in [2.45, 2.75) is 82.6 Å². The minimum atomic E-state index is -1.67. The van der Waals surface area contributed by atoms with Crippen LogP contribution >= 0.6 is 0 Å². The molecule has 1 aromatic carbocycles. The van der Waals surface area contributed by atoms with Crippen LogP contribution in [0.4, 0.5) is 0 Å². The Bertz CT molecular complexity index is 780. The number of aliphatic hydroxyl groups is 1. The Kier molecular flexibility index (Phi) is 8.90. The summed E-state index contributed by atoms with van der Waals surface area (Å²) < 4.78 is 11.8. The minimum absolute atomic E-state index is 0.161. The van der Waals surface area contributed by atoms with Crippen LogP contribution < -0.4 is 0 Å². The maximum absolute atomic E-state index is 13.4. The summed E-state index contributed by atoms with van der Waals surface area (Å²) >= 11 is 0. The van der Waals surface area contributed by atoms with Gasteiger partial charge in [0.25, 0.3) is 6.23 Å². The molecule has 0 radical (unpaired) electrons. The molecule has 1 heterocycles. The fraction of sp³-hybridized carbons (Fsp3) is 0.692. The number of carbonyl (C=O) groups excluding carboxylic acids is 1. The van der Waals surface area contributed by atoms with Gasteiger partial charge in [0.2, 0.25) is 0 Å². The highest BCUT2D eigenvalue weighted by Gasteiger charge is 2.51. The monoisotopic (exact) mass is 462 g/mol. The lowest BCUT2D eigenvalue weighted by Gasteiger charge is -2.35. The number of unbranched alkanes of at least 4 members (excludes halogenated alkanes) is 3. The number of nitrogens with zero attached hydrogens (tertiary/aromatic N) is 1. The first kappa shape index (κ1) is 25.7. The van der Waals surface area contributed by atoms with E-state index in [0.29, 0.717) is 31.7 Å². The zero-order valence-corrected chi connectivity index (χ0v) is 20.1. The first-order valence-electron chi connectivity index (χ1n) is 12.5. The third kappa shape index (κ3) is 5.94. The number of hydrogen-bond donors (Lipinski definition) is 2. The lowest BCUT2D eigenvalue weighted by molar-refractivity contribution is -0.936. The Morgan fingerprint density at radius 1 is 1.12 bits per heavy atom. The quantitative estimate of drug-likeness (QED) is 0.279. The summed E-state index contributed by atoms with van der Waals surface area (Å²) in [5.74, 6) is -1.79. The van der Waals surface area contributed by atoms with Gasteiger partial charge in [-0.25, -0.2) is 9.59 Å². The van der Waals surface area contributed by atoms with Gasteiger partial charge in [0, 0.05) is 12.3 Å². The molecule has 184 valence electrons. The van der Waals surface area contributed by atoms with E-state index in [2.05, 4.69) is 6.92 Å². The number of hydrogen-bond acceptors (Lipinski definition) is 5. The molecular weight excluding hydrogens is 422 g/mol. The predicted molar refractivity (Wildman–Crippen MR) is 124 cm³/mol. The highest BCUT2D eigenvalue weighted by molar-refractivity contribution is 5.81. The van der Waals surface area contributed by atoms with Crippen LogP contribution in [0.5, 0.6) is 0 Å². The van der Waals surface area contributed by atoms with Gasteiger partial charge >= 0.3 is 11.9 Å². The summed E-state index contributed by atoms with van der Waals surface area (Å²) in [5, 5.41) is 21.4. The van der Waals surface area contributed by atoms with E-state index in [1.807, 2.05) is 25.2 Å². The van der Waals surface area contributed by atoms with Crippen LogP contribution in [0.2, 0.25) is 0 Å². The Balaban J connectivity index is 1.66. The fourth-order valence-corrected chi connectivity index (χ4v) is 5.43. The Hall–Kier alpha value is -1.96. The molecular formula is C26H40NO6+. The molecule has 0 bridgehead atoms. The Morgan fingerprint density at radius 3 is 2.45 bits per heavy atom. The van der Waals surface area contributed by atoms with E-state index in [4.69, 9.17) is 9.47 Å². The number of esters is 1. The molecule has 3 rings (SSSR count). The number of carboxylic acid groups (broad SMARTS) is 1. The average Bonchev–Trinajstić information content (AvgIpc) is 3.47. The normalized spacial score (nSPS) is 26.1. The molecule has 2 fully saturated rings. The SMILES string of the molecule is CCCCCCOC(C(=O)O)[N+]1(C)CCC(OC(=O)[C@](O)(c2ccccc2)C2CCCC2)C1. The fourth-order valence-electron chi connectivity index (χ4n) is 5.43. The minimum Gasteiger partial charge on any atom is -0.475 e. The summed E-state index contributed by atoms with van der Waals surface area (Å²) in [6.45, 7) is 3.43. The molecule has 1 saturated heterocycles. The lowest BCUT2D eigenvalue weighted by Crippen LogP contribution is -2.56. The molecule has 1 aromatic rings. The number of quaternary nitrogens is 1. The maximum Gasteiger partial charge on any atom is 0.392 e. The topological polar surface area (TPSA) is 93.1 Å². The molecule has 33 heavy (non-hydrogen) atoms. The summed E-state index contributed by atoms with van der Waals surface area (Å²) in [6.07, 6.45) is 6.72. The van der Waals surface area contributed by atoms with Crippen molar-refractivity contribution in [2.24, 2.45) is 5.92 Å². The average molecular weight is 463 g/mol. The van der Waals surface area contributed by atoms with E-state index in [1.54, 1.807) is 12.1 Å². The highest BCUT2D eigenvalue weighted by atomic mass is 16.6. The van der Waals surface area contributed by atoms with Gasteiger partial charge in [-0.3, -0.25) is 4.48 Å². The number of carbonyl (C=O) groups is 2. The van der Waals surface area contributed by atoms with Gasteiger partial charge in [-0.15, -0.1) is 0 Å². The first-order chi connectivity index (χ1) is 15.8. The third-order valence-corrected chi connectivity index (χ3v) is 7.38. The molecule has 2 N–H and O–H groups in total. The second kappa shape index (κ2) is 11.4. The summed E-state index contributed by atoms with van der Waals surface area (Å²) in [6, 6.07) is 9.06. The van der Waals surface area contributed by atoms with Crippen LogP contribution in [0, 0.1) is 5.92 Å². The molecule has 1 saturated carbocycles. The van der Waals surface area contributed by atoms with E-state index >= 15 is 0 Å². The molecule has 1 aliphatic heterocycles. The Morgan fingerprint density at radius 2 is 1.82 bits per heavy atom. The number of rotatable bonds is 12. The molecule has 0 aromatic heterocycles. The highest BCUT2D eigenvalue weighted by Crippen LogP contribution is 2.42. The molecule has 7 heteroatoms. The van der Waals surface area contributed by atoms with Crippen molar-refractivity contribution in [2.75, 3.05) is 26.7 Å². The second-order valence-corrected chi connectivity index (χ2v) is 9.94. The zero-order chi connectivity index (χ0) is 23.9. The van der Waals surface area contributed by atoms with Crippen molar-refractivity contribution in [3.05, 3.63) is 35.9 Å². The number of likely N-dealkylation sites (tertiary alicyclic amines) is 1. The standard InChI is InChI=1S/C26H39NO6/c1-3-4-5-11-18-32-23(24(28)29)27(2)17-16-22(19-27)33-25(30)26(31,21-14-9-10-15-21)20-12-7-6-8-13-20/h6-8,12-13,21-23,31H,3-5,9-11,14-19H2,1-2H3/p+1/t22?,23?,26-,27?/m0/s1. The summed E-state index contributed by atoms with van der Waals surface area (Å²) in [5.41, 5.74) is -1.11. The van der Waals surface area contributed by atoms with Crippen molar-refractivity contribution in [1.82, 2.24) is 0 Å². The summed E-state index contributed by atoms with van der Waals surface area (Å²) in [7, 11) is 1.85. The summed E-state index contributed by atoms with van der Waals surface area (Å²) in [4.78, 5) is 25.3. The smallest absolute Gasteiger partial charge is 0.392 e. The number of ether oxygens (including phenoxy) is 2. The van der Waals surface area contributed by atoms with Crippen molar-refractivity contribution in [1.29, 1.82) is 0 Å². The van der Waals surface area contributed by atoms with Gasteiger partial charge in [0.05, 0.1) is 20.2 Å². The molecule has 1 aliphatic carbocycles. The van der Waals surface area contributed by atoms with E-state index in [1.165, 1.54) is 0 Å². The van der Waals surface area contributed by atoms with E-state index in [9.17, 15) is 19.8 Å². The molecule has 0 amide bonds. The van der Waals surface area contributed by atoms with Crippen molar-refractivity contribution >= 4 is 11.9 Å². The largest absolute Gasteiger partial charge is 0.475 e. The van der Waals surface area contributed by atoms with E-state index in [-0.39, 0.29) is 10.4 Å². The van der Waals surface area contributed by atoms with Crippen LogP contribution in [-0.2, 0) is 24.7 Å². The number of carboxylic acids is 1. The predicted octanol–water partition coefficient (Wildman–Crippen LogP) is 3.83. The van der Waals surface area contributed by atoms with Gasteiger partial charge < -0.3 is 19.7 Å². The van der Waals surface area contributed by atoms with Crippen molar-refractivity contribution in [3.63, 3.8) is 0 Å². The van der Waals surface area contributed by atoms with Gasteiger partial charge in [-0.2, -0.15) is 0 Å². The number of aliphatic carboxylic acids is 1. The van der Waals surface area contributed by atoms with Gasteiger partial charge in [-0.1, -0.05) is 69.4 Å². The molecule has 7 nitrogen and oxygen atoms in total. The molecule has 0 spiro atoms. The second-order valence-electron chi connectivity index (χ2n) is 9.94. The van der Waals surface area contributed by atoms with Crippen molar-refractivity contribution in [3.8, 4) is 0 Å². The van der Waals surface area contributed by atoms with E-state index < -0.39 is 29.9 Å². The number of benzene rings is 1. The van der Waals surface area contributed by atoms with Crippen LogP contribution in [0.25, 0.3) is 0 Å².